The van der Waals surface area contributed by atoms with Crippen LogP contribution in [-0.4, -0.2) is 37.3 Å². The highest BCUT2D eigenvalue weighted by atomic mass is 35.5. The first-order valence-electron chi connectivity index (χ1n) is 6.31. The van der Waals surface area contributed by atoms with Gasteiger partial charge in [0.1, 0.15) is 0 Å². The molecule has 0 radical (unpaired) electrons. The van der Waals surface area contributed by atoms with Crippen molar-refractivity contribution in [3.05, 3.63) is 23.7 Å². The first-order valence-corrected chi connectivity index (χ1v) is 6.69. The fraction of sp³-hybridized carbons (Fsp3) is 0.500. The molecule has 0 saturated carbocycles. The Bertz CT molecular complexity index is 570. The van der Waals surface area contributed by atoms with E-state index >= 15 is 0 Å². The lowest BCUT2D eigenvalue weighted by molar-refractivity contribution is 0.624. The second-order valence-electron chi connectivity index (χ2n) is 5.00. The molecule has 0 N–H and O–H groups in total. The molecule has 7 heteroatoms. The highest BCUT2D eigenvalue weighted by Crippen LogP contribution is 2.26. The summed E-state index contributed by atoms with van der Waals surface area (Å²) in [7, 11) is 0. The Kier molecular flexibility index (Phi) is 3.10. The molecule has 0 amide bonds. The molecule has 100 valence electrons. The largest absolute Gasteiger partial charge is 0.338 e. The molecule has 0 aliphatic carbocycles. The third-order valence-electron chi connectivity index (χ3n) is 3.33. The lowest BCUT2D eigenvalue weighted by Gasteiger charge is -2.21. The van der Waals surface area contributed by atoms with E-state index in [9.17, 15) is 0 Å². The van der Waals surface area contributed by atoms with Crippen LogP contribution in [0, 0.1) is 5.92 Å². The van der Waals surface area contributed by atoms with Crippen LogP contribution in [0.5, 0.6) is 0 Å². The van der Waals surface area contributed by atoms with Crippen LogP contribution in [0.15, 0.2) is 18.5 Å². The van der Waals surface area contributed by atoms with E-state index in [1.54, 1.807) is 17.1 Å². The maximum Gasteiger partial charge on any atom is 0.256 e. The number of nitrogens with zero attached hydrogens (tertiary/aromatic N) is 6. The molecule has 1 aliphatic heterocycles. The van der Waals surface area contributed by atoms with E-state index in [0.717, 1.165) is 13.0 Å². The molecule has 19 heavy (non-hydrogen) atoms. The van der Waals surface area contributed by atoms with Crippen LogP contribution in [-0.2, 0) is 0 Å². The molecule has 3 rings (SSSR count). The van der Waals surface area contributed by atoms with Crippen molar-refractivity contribution in [2.75, 3.05) is 11.4 Å². The highest BCUT2D eigenvalue weighted by molar-refractivity contribution is 6.28. The molecule has 2 atom stereocenters. The summed E-state index contributed by atoms with van der Waals surface area (Å²) >= 11 is 6.00. The number of halogens is 1. The summed E-state index contributed by atoms with van der Waals surface area (Å²) in [5.74, 6) is 1.72. The molecular weight excluding hydrogens is 264 g/mol. The maximum atomic E-state index is 6.00. The number of aromatic nitrogens is 5. The second-order valence-corrected chi connectivity index (χ2v) is 5.34. The van der Waals surface area contributed by atoms with E-state index in [-0.39, 0.29) is 5.28 Å². The topological polar surface area (TPSA) is 59.7 Å². The van der Waals surface area contributed by atoms with Crippen LogP contribution in [0.25, 0.3) is 5.95 Å². The van der Waals surface area contributed by atoms with Gasteiger partial charge in [-0.25, -0.2) is 4.68 Å². The van der Waals surface area contributed by atoms with E-state index < -0.39 is 0 Å². The molecule has 2 aromatic rings. The van der Waals surface area contributed by atoms with Crippen LogP contribution in [0.2, 0.25) is 5.28 Å². The minimum atomic E-state index is 0.197. The van der Waals surface area contributed by atoms with Gasteiger partial charge in [-0.1, -0.05) is 6.92 Å². The molecule has 0 spiro atoms. The Morgan fingerprint density at radius 2 is 2.00 bits per heavy atom. The predicted octanol–water partition coefficient (Wildman–Crippen LogP) is 1.95. The molecule has 2 unspecified atom stereocenters. The first kappa shape index (κ1) is 12.3. The molecular formula is C12H15ClN6. The summed E-state index contributed by atoms with van der Waals surface area (Å²) in [6.45, 7) is 5.35. The van der Waals surface area contributed by atoms with Gasteiger partial charge < -0.3 is 4.90 Å². The van der Waals surface area contributed by atoms with Crippen molar-refractivity contribution in [1.29, 1.82) is 0 Å². The van der Waals surface area contributed by atoms with E-state index in [1.165, 1.54) is 0 Å². The summed E-state index contributed by atoms with van der Waals surface area (Å²) in [6, 6.07) is 2.23. The minimum Gasteiger partial charge on any atom is -0.338 e. The van der Waals surface area contributed by atoms with Crippen molar-refractivity contribution >= 4 is 17.5 Å². The van der Waals surface area contributed by atoms with E-state index in [2.05, 4.69) is 38.8 Å². The Labute approximate surface area is 116 Å². The summed E-state index contributed by atoms with van der Waals surface area (Å²) < 4.78 is 1.58. The summed E-state index contributed by atoms with van der Waals surface area (Å²) in [5.41, 5.74) is 0. The molecule has 1 aliphatic rings. The average molecular weight is 279 g/mol. The zero-order chi connectivity index (χ0) is 13.4. The van der Waals surface area contributed by atoms with Gasteiger partial charge in [-0.05, 0) is 36.9 Å². The van der Waals surface area contributed by atoms with Gasteiger partial charge in [0.05, 0.1) is 0 Å². The van der Waals surface area contributed by atoms with Crippen LogP contribution >= 0.6 is 11.6 Å². The normalized spacial score (nSPS) is 23.0. The van der Waals surface area contributed by atoms with E-state index in [0.29, 0.717) is 23.9 Å². The molecule has 0 aromatic carbocycles. The maximum absolute atomic E-state index is 6.00. The van der Waals surface area contributed by atoms with Gasteiger partial charge in [0.15, 0.2) is 0 Å². The number of anilines is 1. The van der Waals surface area contributed by atoms with Crippen molar-refractivity contribution in [2.24, 2.45) is 5.92 Å². The smallest absolute Gasteiger partial charge is 0.256 e. The Morgan fingerprint density at radius 3 is 2.63 bits per heavy atom. The van der Waals surface area contributed by atoms with Crippen LogP contribution in [0.3, 0.4) is 0 Å². The number of rotatable bonds is 2. The standard InChI is InChI=1S/C12H15ClN6/c1-8-6-9(2)18(7-8)11-15-10(13)16-12(17-11)19-5-3-4-14-19/h3-5,8-9H,6-7H2,1-2H3. The van der Waals surface area contributed by atoms with Crippen molar-refractivity contribution in [1.82, 2.24) is 24.7 Å². The quantitative estimate of drug-likeness (QED) is 0.840. The SMILES string of the molecule is CC1CC(C)N(c2nc(Cl)nc(-n3cccn3)n2)C1. The highest BCUT2D eigenvalue weighted by Gasteiger charge is 2.28. The molecule has 3 heterocycles. The summed E-state index contributed by atoms with van der Waals surface area (Å²) in [6.07, 6.45) is 4.60. The van der Waals surface area contributed by atoms with Gasteiger partial charge >= 0.3 is 0 Å². The molecule has 0 bridgehead atoms. The zero-order valence-electron chi connectivity index (χ0n) is 10.9. The molecule has 1 fully saturated rings. The van der Waals surface area contributed by atoms with Crippen molar-refractivity contribution in [2.45, 2.75) is 26.3 Å². The average Bonchev–Trinajstić information content (AvgIpc) is 2.98. The summed E-state index contributed by atoms with van der Waals surface area (Å²) in [5, 5.41) is 4.31. The van der Waals surface area contributed by atoms with Gasteiger partial charge in [0.2, 0.25) is 11.2 Å². The van der Waals surface area contributed by atoms with E-state index in [4.69, 9.17) is 11.6 Å². The number of hydrogen-bond donors (Lipinski definition) is 0. The van der Waals surface area contributed by atoms with Gasteiger partial charge in [0, 0.05) is 25.0 Å². The van der Waals surface area contributed by atoms with Gasteiger partial charge in [0.25, 0.3) is 5.95 Å². The van der Waals surface area contributed by atoms with Crippen molar-refractivity contribution in [3.63, 3.8) is 0 Å². The van der Waals surface area contributed by atoms with Crippen molar-refractivity contribution in [3.8, 4) is 5.95 Å². The van der Waals surface area contributed by atoms with Gasteiger partial charge in [-0.15, -0.1) is 0 Å². The van der Waals surface area contributed by atoms with Crippen LogP contribution < -0.4 is 4.90 Å². The molecule has 6 nitrogen and oxygen atoms in total. The van der Waals surface area contributed by atoms with Crippen LogP contribution in [0.1, 0.15) is 20.3 Å². The Balaban J connectivity index is 1.98. The third-order valence-corrected chi connectivity index (χ3v) is 3.50. The lowest BCUT2D eigenvalue weighted by atomic mass is 10.1. The molecule has 1 saturated heterocycles. The zero-order valence-corrected chi connectivity index (χ0v) is 11.6. The minimum absolute atomic E-state index is 0.197. The van der Waals surface area contributed by atoms with Crippen molar-refractivity contribution < 1.29 is 0 Å². The third kappa shape index (κ3) is 2.40. The van der Waals surface area contributed by atoms with E-state index in [1.807, 2.05) is 6.07 Å². The van der Waals surface area contributed by atoms with Gasteiger partial charge in [-0.3, -0.25) is 0 Å². The summed E-state index contributed by atoms with van der Waals surface area (Å²) in [4.78, 5) is 15.0. The Morgan fingerprint density at radius 1 is 1.21 bits per heavy atom. The van der Waals surface area contributed by atoms with Gasteiger partial charge in [-0.2, -0.15) is 20.1 Å². The fourth-order valence-corrected chi connectivity index (χ4v) is 2.68. The molecule has 2 aromatic heterocycles. The first-order chi connectivity index (χ1) is 9.13. The lowest BCUT2D eigenvalue weighted by Crippen LogP contribution is -2.29. The van der Waals surface area contributed by atoms with Crippen LogP contribution in [0.4, 0.5) is 5.95 Å². The predicted molar refractivity (Wildman–Crippen MR) is 72.5 cm³/mol. The number of hydrogen-bond acceptors (Lipinski definition) is 5. The Hall–Kier alpha value is -1.69. The monoisotopic (exact) mass is 278 g/mol. The second kappa shape index (κ2) is 4.77. The fourth-order valence-electron chi connectivity index (χ4n) is 2.53.